The van der Waals surface area contributed by atoms with Gasteiger partial charge in [-0.15, -0.1) is 11.3 Å². The summed E-state index contributed by atoms with van der Waals surface area (Å²) in [7, 11) is 0. The topological polar surface area (TPSA) is 62.2 Å². The van der Waals surface area contributed by atoms with Crippen molar-refractivity contribution < 1.29 is 14.3 Å². The van der Waals surface area contributed by atoms with E-state index >= 15 is 0 Å². The van der Waals surface area contributed by atoms with E-state index in [1.807, 2.05) is 0 Å². The van der Waals surface area contributed by atoms with Gasteiger partial charge in [0, 0.05) is 17.9 Å². The highest BCUT2D eigenvalue weighted by Crippen LogP contribution is 2.28. The number of carbonyl (C=O) groups excluding carboxylic acids is 1. The van der Waals surface area contributed by atoms with E-state index in [0.717, 1.165) is 17.1 Å². The van der Waals surface area contributed by atoms with Crippen molar-refractivity contribution in [3.8, 4) is 10.6 Å². The number of benzene rings is 1. The SMILES string of the molecule is O=C(NCC1(O)CCSC1)c1cnc(-c2ccccc2F)s1. The molecule has 3 rings (SSSR count). The highest BCUT2D eigenvalue weighted by molar-refractivity contribution is 7.99. The number of nitrogens with one attached hydrogen (secondary N) is 1. The van der Waals surface area contributed by atoms with E-state index in [9.17, 15) is 14.3 Å². The number of hydrogen-bond donors (Lipinski definition) is 2. The minimum atomic E-state index is -0.820. The Labute approximate surface area is 135 Å². The number of aliphatic hydroxyl groups is 1. The maximum Gasteiger partial charge on any atom is 0.263 e. The third-order valence-electron chi connectivity index (χ3n) is 3.49. The maximum absolute atomic E-state index is 13.7. The molecule has 0 aliphatic carbocycles. The molecule has 0 bridgehead atoms. The van der Waals surface area contributed by atoms with Crippen LogP contribution >= 0.6 is 23.1 Å². The molecule has 1 aromatic carbocycles. The van der Waals surface area contributed by atoms with Crippen molar-refractivity contribution >= 4 is 29.0 Å². The molecule has 0 spiro atoms. The van der Waals surface area contributed by atoms with Gasteiger partial charge in [0.2, 0.25) is 0 Å². The van der Waals surface area contributed by atoms with E-state index in [4.69, 9.17) is 0 Å². The first-order chi connectivity index (χ1) is 10.6. The molecule has 4 nitrogen and oxygen atoms in total. The minimum absolute atomic E-state index is 0.228. The summed E-state index contributed by atoms with van der Waals surface area (Å²) >= 11 is 2.82. The molecule has 2 N–H and O–H groups in total. The van der Waals surface area contributed by atoms with Crippen molar-refractivity contribution in [3.63, 3.8) is 0 Å². The third kappa shape index (κ3) is 3.31. The summed E-state index contributed by atoms with van der Waals surface area (Å²) < 4.78 is 13.7. The van der Waals surface area contributed by atoms with Gasteiger partial charge >= 0.3 is 0 Å². The summed E-state index contributed by atoms with van der Waals surface area (Å²) in [5, 5.41) is 13.4. The second kappa shape index (κ2) is 6.36. The second-order valence-corrected chi connectivity index (χ2v) is 7.35. The first-order valence-electron chi connectivity index (χ1n) is 6.86. The number of hydrogen-bond acceptors (Lipinski definition) is 5. The van der Waals surface area contributed by atoms with Gasteiger partial charge in [-0.2, -0.15) is 11.8 Å². The molecule has 1 fully saturated rings. The van der Waals surface area contributed by atoms with Crippen molar-refractivity contribution in [2.75, 3.05) is 18.1 Å². The summed E-state index contributed by atoms with van der Waals surface area (Å²) in [6.07, 6.45) is 2.12. The molecule has 1 atom stereocenters. The van der Waals surface area contributed by atoms with Gasteiger partial charge in [0.15, 0.2) is 0 Å². The van der Waals surface area contributed by atoms with Crippen LogP contribution in [0.4, 0.5) is 4.39 Å². The first kappa shape index (κ1) is 15.5. The van der Waals surface area contributed by atoms with Crippen LogP contribution in [0.25, 0.3) is 10.6 Å². The lowest BCUT2D eigenvalue weighted by Crippen LogP contribution is -2.42. The van der Waals surface area contributed by atoms with Crippen molar-refractivity contribution in [2.24, 2.45) is 0 Å². The lowest BCUT2D eigenvalue weighted by Gasteiger charge is -2.21. The molecule has 2 heterocycles. The normalized spacial score (nSPS) is 21.0. The number of nitrogens with zero attached hydrogens (tertiary/aromatic N) is 1. The fraction of sp³-hybridized carbons (Fsp3) is 0.333. The van der Waals surface area contributed by atoms with E-state index in [2.05, 4.69) is 10.3 Å². The van der Waals surface area contributed by atoms with E-state index < -0.39 is 5.60 Å². The number of thiazole rings is 1. The molecule has 1 amide bonds. The molecule has 22 heavy (non-hydrogen) atoms. The Balaban J connectivity index is 1.68. The van der Waals surface area contributed by atoms with Gasteiger partial charge in [-0.3, -0.25) is 4.79 Å². The maximum atomic E-state index is 13.7. The summed E-state index contributed by atoms with van der Waals surface area (Å²) in [5.74, 6) is 0.896. The molecule has 116 valence electrons. The fourth-order valence-electron chi connectivity index (χ4n) is 2.21. The Morgan fingerprint density at radius 2 is 2.27 bits per heavy atom. The van der Waals surface area contributed by atoms with Crippen LogP contribution in [0.2, 0.25) is 0 Å². The van der Waals surface area contributed by atoms with Crippen molar-refractivity contribution in [1.82, 2.24) is 10.3 Å². The number of aromatic nitrogens is 1. The number of carbonyl (C=O) groups is 1. The molecule has 1 aliphatic rings. The van der Waals surface area contributed by atoms with Gasteiger partial charge in [-0.1, -0.05) is 12.1 Å². The summed E-state index contributed by atoms with van der Waals surface area (Å²) in [5.41, 5.74) is -0.434. The highest BCUT2D eigenvalue weighted by Gasteiger charge is 2.32. The van der Waals surface area contributed by atoms with Crippen LogP contribution in [-0.4, -0.2) is 39.6 Å². The van der Waals surface area contributed by atoms with Gasteiger partial charge in [0.25, 0.3) is 5.91 Å². The minimum Gasteiger partial charge on any atom is -0.387 e. The van der Waals surface area contributed by atoms with Crippen LogP contribution in [-0.2, 0) is 0 Å². The van der Waals surface area contributed by atoms with E-state index in [-0.39, 0.29) is 18.3 Å². The van der Waals surface area contributed by atoms with Gasteiger partial charge in [-0.05, 0) is 24.3 Å². The molecule has 1 unspecified atom stereocenters. The number of amides is 1. The second-order valence-electron chi connectivity index (χ2n) is 5.22. The summed E-state index contributed by atoms with van der Waals surface area (Å²) in [6.45, 7) is 0.228. The fourth-order valence-corrected chi connectivity index (χ4v) is 4.36. The zero-order valence-corrected chi connectivity index (χ0v) is 13.3. The van der Waals surface area contributed by atoms with E-state index in [1.165, 1.54) is 12.3 Å². The van der Waals surface area contributed by atoms with Crippen LogP contribution in [0.15, 0.2) is 30.5 Å². The molecule has 0 radical (unpaired) electrons. The smallest absolute Gasteiger partial charge is 0.263 e. The highest BCUT2D eigenvalue weighted by atomic mass is 32.2. The lowest BCUT2D eigenvalue weighted by atomic mass is 10.0. The van der Waals surface area contributed by atoms with Crippen LogP contribution in [0.5, 0.6) is 0 Å². The van der Waals surface area contributed by atoms with E-state index in [1.54, 1.807) is 30.0 Å². The van der Waals surface area contributed by atoms with Gasteiger partial charge < -0.3 is 10.4 Å². The Bertz CT molecular complexity index is 684. The van der Waals surface area contributed by atoms with Gasteiger partial charge in [0.05, 0.1) is 11.8 Å². The number of rotatable bonds is 4. The average Bonchev–Trinajstić information content (AvgIpc) is 3.15. The van der Waals surface area contributed by atoms with Gasteiger partial charge in [0.1, 0.15) is 15.7 Å². The molecular weight excluding hydrogens is 323 g/mol. The first-order valence-corrected chi connectivity index (χ1v) is 8.84. The Kier molecular flexibility index (Phi) is 4.46. The van der Waals surface area contributed by atoms with Crippen molar-refractivity contribution in [3.05, 3.63) is 41.2 Å². The van der Waals surface area contributed by atoms with Crippen LogP contribution < -0.4 is 5.32 Å². The quantitative estimate of drug-likeness (QED) is 0.899. The molecule has 7 heteroatoms. The predicted molar refractivity (Wildman–Crippen MR) is 86.7 cm³/mol. The summed E-state index contributed by atoms with van der Waals surface area (Å²) in [4.78, 5) is 16.6. The van der Waals surface area contributed by atoms with Gasteiger partial charge in [-0.25, -0.2) is 9.37 Å². The monoisotopic (exact) mass is 338 g/mol. The molecule has 1 aromatic heterocycles. The number of halogens is 1. The molecular formula is C15H15FN2O2S2. The van der Waals surface area contributed by atoms with Crippen LogP contribution in [0.3, 0.4) is 0 Å². The lowest BCUT2D eigenvalue weighted by molar-refractivity contribution is 0.0614. The van der Waals surface area contributed by atoms with Crippen LogP contribution in [0, 0.1) is 5.82 Å². The van der Waals surface area contributed by atoms with Crippen LogP contribution in [0.1, 0.15) is 16.1 Å². The number of thioether (sulfide) groups is 1. The largest absolute Gasteiger partial charge is 0.387 e. The molecule has 1 saturated heterocycles. The Hall–Kier alpha value is -1.44. The molecule has 1 aliphatic heterocycles. The third-order valence-corrected chi connectivity index (χ3v) is 5.76. The zero-order valence-electron chi connectivity index (χ0n) is 11.7. The summed E-state index contributed by atoms with van der Waals surface area (Å²) in [6, 6.07) is 6.34. The standard InChI is InChI=1S/C15H15FN2O2S2/c16-11-4-2-1-3-10(11)14-17-7-12(22-14)13(19)18-8-15(20)5-6-21-9-15/h1-4,7,20H,5-6,8-9H2,(H,18,19). The Morgan fingerprint density at radius 3 is 3.00 bits per heavy atom. The van der Waals surface area contributed by atoms with Crippen molar-refractivity contribution in [1.29, 1.82) is 0 Å². The Morgan fingerprint density at radius 1 is 1.45 bits per heavy atom. The zero-order chi connectivity index (χ0) is 15.6. The molecule has 0 saturated carbocycles. The van der Waals surface area contributed by atoms with Crippen molar-refractivity contribution in [2.45, 2.75) is 12.0 Å². The van der Waals surface area contributed by atoms with E-state index in [0.29, 0.717) is 27.6 Å². The average molecular weight is 338 g/mol. The molecule has 2 aromatic rings. The predicted octanol–water partition coefficient (Wildman–Crippen LogP) is 2.55.